The summed E-state index contributed by atoms with van der Waals surface area (Å²) in [6.45, 7) is 13.8. The predicted molar refractivity (Wildman–Crippen MR) is 115 cm³/mol. The van der Waals surface area contributed by atoms with Gasteiger partial charge in [-0.1, -0.05) is 6.92 Å². The van der Waals surface area contributed by atoms with Crippen LogP contribution in [0, 0.1) is 18.8 Å². The van der Waals surface area contributed by atoms with E-state index in [9.17, 15) is 9.59 Å². The molecule has 1 unspecified atom stereocenters. The minimum absolute atomic E-state index is 0.218. The van der Waals surface area contributed by atoms with Gasteiger partial charge in [-0.25, -0.2) is 14.6 Å². The van der Waals surface area contributed by atoms with Gasteiger partial charge in [-0.2, -0.15) is 0 Å². The monoisotopic (exact) mass is 420 g/mol. The number of ether oxygens (including phenoxy) is 3. The van der Waals surface area contributed by atoms with Crippen LogP contribution in [0.2, 0.25) is 0 Å². The van der Waals surface area contributed by atoms with E-state index in [1.54, 1.807) is 26.0 Å². The summed E-state index contributed by atoms with van der Waals surface area (Å²) in [5.41, 5.74) is 0.613. The van der Waals surface area contributed by atoms with E-state index >= 15 is 0 Å². The van der Waals surface area contributed by atoms with Crippen molar-refractivity contribution in [2.24, 2.45) is 11.8 Å². The molecule has 1 atom stereocenters. The molecule has 0 spiro atoms. The molecule has 0 bridgehead atoms. The van der Waals surface area contributed by atoms with Crippen molar-refractivity contribution in [3.8, 4) is 5.88 Å². The fourth-order valence-corrected chi connectivity index (χ4v) is 3.61. The van der Waals surface area contributed by atoms with Gasteiger partial charge in [0.15, 0.2) is 0 Å². The third-order valence-corrected chi connectivity index (χ3v) is 5.37. The van der Waals surface area contributed by atoms with Crippen LogP contribution in [0.3, 0.4) is 0 Å². The minimum atomic E-state index is -0.459. The second-order valence-corrected chi connectivity index (χ2v) is 8.92. The Labute approximate surface area is 180 Å². The molecule has 7 nitrogen and oxygen atoms in total. The second-order valence-electron chi connectivity index (χ2n) is 8.92. The largest absolute Gasteiger partial charge is 0.478 e. The van der Waals surface area contributed by atoms with Crippen molar-refractivity contribution in [3.63, 3.8) is 0 Å². The van der Waals surface area contributed by atoms with Crippen LogP contribution in [0.1, 0.15) is 69.9 Å². The highest BCUT2D eigenvalue weighted by molar-refractivity contribution is 5.90. The number of hydrogen-bond acceptors (Lipinski definition) is 6. The van der Waals surface area contributed by atoms with Crippen molar-refractivity contribution in [3.05, 3.63) is 23.4 Å². The molecule has 1 aliphatic heterocycles. The van der Waals surface area contributed by atoms with Crippen LogP contribution >= 0.6 is 0 Å². The average Bonchev–Trinajstić information content (AvgIpc) is 2.67. The first kappa shape index (κ1) is 24.0. The zero-order valence-corrected chi connectivity index (χ0v) is 19.2. The third kappa shape index (κ3) is 7.18. The van der Waals surface area contributed by atoms with Crippen molar-refractivity contribution in [1.29, 1.82) is 0 Å². The number of aryl methyl sites for hydroxylation is 1. The molecule has 168 valence electrons. The normalized spacial score (nSPS) is 16.1. The lowest BCUT2D eigenvalue weighted by molar-refractivity contribution is 0.0157. The molecule has 7 heteroatoms. The molecule has 2 rings (SSSR count). The molecule has 30 heavy (non-hydrogen) atoms. The molecule has 1 fully saturated rings. The molecule has 1 aromatic heterocycles. The first-order valence-corrected chi connectivity index (χ1v) is 10.9. The minimum Gasteiger partial charge on any atom is -0.478 e. The smallest absolute Gasteiger partial charge is 0.410 e. The van der Waals surface area contributed by atoms with Crippen molar-refractivity contribution >= 4 is 12.1 Å². The van der Waals surface area contributed by atoms with Crippen molar-refractivity contribution in [1.82, 2.24) is 9.88 Å². The van der Waals surface area contributed by atoms with Gasteiger partial charge in [-0.05, 0) is 71.8 Å². The molecular weight excluding hydrogens is 384 g/mol. The standard InChI is InChI=1S/C23H36N2O5/c1-7-28-21(26)19-8-9-20(24-17(19)3)29-15-12-16(2)18-10-13-25(14-11-18)22(27)30-23(4,5)6/h8-9,16,18H,7,10-15H2,1-6H3. The Hall–Kier alpha value is -2.31. The lowest BCUT2D eigenvalue weighted by atomic mass is 9.84. The molecular formula is C23H36N2O5. The maximum Gasteiger partial charge on any atom is 0.410 e. The van der Waals surface area contributed by atoms with Gasteiger partial charge in [0, 0.05) is 19.2 Å². The summed E-state index contributed by atoms with van der Waals surface area (Å²) in [6, 6.07) is 3.41. The van der Waals surface area contributed by atoms with Gasteiger partial charge in [0.25, 0.3) is 0 Å². The van der Waals surface area contributed by atoms with Crippen molar-refractivity contribution in [2.45, 2.75) is 66.4 Å². The summed E-state index contributed by atoms with van der Waals surface area (Å²) in [4.78, 5) is 30.2. The fourth-order valence-electron chi connectivity index (χ4n) is 3.61. The number of nitrogens with zero attached hydrogens (tertiary/aromatic N) is 2. The summed E-state index contributed by atoms with van der Waals surface area (Å²) in [5, 5.41) is 0. The Morgan fingerprint density at radius 1 is 1.23 bits per heavy atom. The molecule has 1 saturated heterocycles. The van der Waals surface area contributed by atoms with E-state index in [4.69, 9.17) is 14.2 Å². The lowest BCUT2D eigenvalue weighted by Gasteiger charge is -2.35. The number of esters is 1. The van der Waals surface area contributed by atoms with Crippen molar-refractivity contribution < 1.29 is 23.8 Å². The summed E-state index contributed by atoms with van der Waals surface area (Å²) in [6.07, 6.45) is 2.65. The van der Waals surface area contributed by atoms with Crippen LogP contribution in [0.15, 0.2) is 12.1 Å². The molecule has 1 aliphatic rings. The highest BCUT2D eigenvalue weighted by atomic mass is 16.6. The fraction of sp³-hybridized carbons (Fsp3) is 0.696. The van der Waals surface area contributed by atoms with E-state index in [1.807, 2.05) is 25.7 Å². The maximum absolute atomic E-state index is 12.2. The van der Waals surface area contributed by atoms with Gasteiger partial charge in [0.2, 0.25) is 5.88 Å². The van der Waals surface area contributed by atoms with Crippen molar-refractivity contribution in [2.75, 3.05) is 26.3 Å². The average molecular weight is 421 g/mol. The van der Waals surface area contributed by atoms with Crippen LogP contribution in [-0.4, -0.2) is 53.9 Å². The molecule has 0 radical (unpaired) electrons. The lowest BCUT2D eigenvalue weighted by Crippen LogP contribution is -2.42. The summed E-state index contributed by atoms with van der Waals surface area (Å²) < 4.78 is 16.3. The Morgan fingerprint density at radius 3 is 2.47 bits per heavy atom. The van der Waals surface area contributed by atoms with Gasteiger partial charge < -0.3 is 19.1 Å². The number of carbonyl (C=O) groups excluding carboxylic acids is 2. The van der Waals surface area contributed by atoms with Crippen LogP contribution in [0.25, 0.3) is 0 Å². The van der Waals surface area contributed by atoms with E-state index in [2.05, 4.69) is 11.9 Å². The van der Waals surface area contributed by atoms with Crippen LogP contribution < -0.4 is 4.74 Å². The van der Waals surface area contributed by atoms with E-state index in [0.717, 1.165) is 32.4 Å². The van der Waals surface area contributed by atoms with Crippen LogP contribution in [0.5, 0.6) is 5.88 Å². The molecule has 0 aromatic carbocycles. The summed E-state index contributed by atoms with van der Waals surface area (Å²) in [7, 11) is 0. The number of carbonyl (C=O) groups is 2. The van der Waals surface area contributed by atoms with E-state index in [0.29, 0.717) is 42.2 Å². The number of hydrogen-bond donors (Lipinski definition) is 0. The third-order valence-electron chi connectivity index (χ3n) is 5.37. The Morgan fingerprint density at radius 2 is 1.90 bits per heavy atom. The first-order valence-electron chi connectivity index (χ1n) is 10.9. The van der Waals surface area contributed by atoms with Gasteiger partial charge in [0.1, 0.15) is 5.60 Å². The second kappa shape index (κ2) is 10.6. The molecule has 1 amide bonds. The Balaban J connectivity index is 1.75. The zero-order chi connectivity index (χ0) is 22.3. The van der Waals surface area contributed by atoms with Gasteiger partial charge in [-0.3, -0.25) is 0 Å². The van der Waals surface area contributed by atoms with E-state index in [1.165, 1.54) is 0 Å². The number of likely N-dealkylation sites (tertiary alicyclic amines) is 1. The topological polar surface area (TPSA) is 78.0 Å². The van der Waals surface area contributed by atoms with Gasteiger partial charge >= 0.3 is 12.1 Å². The summed E-state index contributed by atoms with van der Waals surface area (Å²) in [5.74, 6) is 1.21. The number of amides is 1. The van der Waals surface area contributed by atoms with Gasteiger partial charge in [0.05, 0.1) is 24.5 Å². The number of piperidine rings is 1. The van der Waals surface area contributed by atoms with Crippen LogP contribution in [-0.2, 0) is 9.47 Å². The van der Waals surface area contributed by atoms with Gasteiger partial charge in [-0.15, -0.1) is 0 Å². The quantitative estimate of drug-likeness (QED) is 0.599. The molecule has 0 N–H and O–H groups in total. The Kier molecular flexibility index (Phi) is 8.50. The zero-order valence-electron chi connectivity index (χ0n) is 19.2. The number of rotatable bonds is 7. The Bertz CT molecular complexity index is 721. The molecule has 0 aliphatic carbocycles. The SMILES string of the molecule is CCOC(=O)c1ccc(OCCC(C)C2CCN(C(=O)OC(C)(C)C)CC2)nc1C. The first-order chi connectivity index (χ1) is 14.1. The highest BCUT2D eigenvalue weighted by Gasteiger charge is 2.29. The van der Waals surface area contributed by atoms with E-state index in [-0.39, 0.29) is 12.1 Å². The molecule has 0 saturated carbocycles. The van der Waals surface area contributed by atoms with E-state index < -0.39 is 5.60 Å². The van der Waals surface area contributed by atoms with Crippen LogP contribution in [0.4, 0.5) is 4.79 Å². The molecule has 1 aromatic rings. The summed E-state index contributed by atoms with van der Waals surface area (Å²) >= 11 is 0. The predicted octanol–water partition coefficient (Wildman–Crippen LogP) is 4.62. The number of aromatic nitrogens is 1. The highest BCUT2D eigenvalue weighted by Crippen LogP contribution is 2.28. The molecule has 2 heterocycles. The number of pyridine rings is 1. The maximum atomic E-state index is 12.2.